The smallest absolute Gasteiger partial charge is 0.264 e. The molecule has 1 aromatic heterocycles. The van der Waals surface area contributed by atoms with Gasteiger partial charge in [0.05, 0.1) is 6.04 Å². The summed E-state index contributed by atoms with van der Waals surface area (Å²) in [5.74, 6) is 0.728. The first-order valence-electron chi connectivity index (χ1n) is 6.85. The number of hydrogen-bond acceptors (Lipinski definition) is 6. The van der Waals surface area contributed by atoms with Crippen molar-refractivity contribution in [3.05, 3.63) is 41.8 Å². The third kappa shape index (κ3) is 3.73. The summed E-state index contributed by atoms with van der Waals surface area (Å²) in [5, 5.41) is 7.28. The first-order chi connectivity index (χ1) is 10.2. The van der Waals surface area contributed by atoms with Gasteiger partial charge < -0.3 is 14.6 Å². The van der Waals surface area contributed by atoms with Crippen LogP contribution in [0.25, 0.3) is 0 Å². The molecule has 0 saturated carbocycles. The molecule has 0 amide bonds. The Labute approximate surface area is 134 Å². The molecule has 0 bridgehead atoms. The first-order valence-corrected chi connectivity index (χ1v) is 6.85. The van der Waals surface area contributed by atoms with Crippen molar-refractivity contribution >= 4 is 12.4 Å². The Hall–Kier alpha value is -1.70. The monoisotopic (exact) mass is 328 g/mol. The summed E-state index contributed by atoms with van der Waals surface area (Å²) < 4.78 is 23.9. The average molecular weight is 329 g/mol. The van der Waals surface area contributed by atoms with Crippen molar-refractivity contribution in [1.29, 1.82) is 0 Å². The highest BCUT2D eigenvalue weighted by atomic mass is 35.5. The van der Waals surface area contributed by atoms with Crippen molar-refractivity contribution in [2.45, 2.75) is 12.6 Å². The largest absolute Gasteiger partial charge is 0.481 e. The summed E-state index contributed by atoms with van der Waals surface area (Å²) in [7, 11) is 2.03. The molecule has 120 valence electrons. The maximum Gasteiger partial charge on any atom is 0.264 e. The number of para-hydroxylation sites is 1. The number of piperazine rings is 1. The Morgan fingerprint density at radius 1 is 1.45 bits per heavy atom. The van der Waals surface area contributed by atoms with Gasteiger partial charge in [-0.15, -0.1) is 12.4 Å². The summed E-state index contributed by atoms with van der Waals surface area (Å²) in [6, 6.07) is 6.31. The predicted molar refractivity (Wildman–Crippen MR) is 80.5 cm³/mol. The molecule has 2 heterocycles. The van der Waals surface area contributed by atoms with Crippen LogP contribution < -0.4 is 10.1 Å². The van der Waals surface area contributed by atoms with Gasteiger partial charge in [0.15, 0.2) is 24.0 Å². The minimum absolute atomic E-state index is 0. The molecule has 1 fully saturated rings. The van der Waals surface area contributed by atoms with Crippen LogP contribution in [0.5, 0.6) is 5.75 Å². The van der Waals surface area contributed by atoms with Gasteiger partial charge in [-0.2, -0.15) is 4.98 Å². The molecule has 22 heavy (non-hydrogen) atoms. The molecule has 3 rings (SSSR count). The van der Waals surface area contributed by atoms with E-state index in [9.17, 15) is 4.39 Å². The summed E-state index contributed by atoms with van der Waals surface area (Å²) in [6.07, 6.45) is 0. The molecule has 2 aromatic rings. The van der Waals surface area contributed by atoms with E-state index in [1.165, 1.54) is 6.07 Å². The van der Waals surface area contributed by atoms with Crippen molar-refractivity contribution in [2.75, 3.05) is 26.7 Å². The van der Waals surface area contributed by atoms with Crippen LogP contribution in [0.2, 0.25) is 0 Å². The van der Waals surface area contributed by atoms with Crippen LogP contribution in [0.15, 0.2) is 28.8 Å². The van der Waals surface area contributed by atoms with E-state index in [-0.39, 0.29) is 30.8 Å². The molecule has 1 unspecified atom stereocenters. The van der Waals surface area contributed by atoms with E-state index in [1.807, 2.05) is 7.05 Å². The zero-order valence-corrected chi connectivity index (χ0v) is 13.0. The number of ether oxygens (including phenoxy) is 1. The SMILES string of the molecule is CN1CCNCC1c1noc(COc2ccccc2F)n1.Cl. The zero-order valence-electron chi connectivity index (χ0n) is 12.2. The molecule has 8 heteroatoms. The van der Waals surface area contributed by atoms with Crippen LogP contribution in [0.4, 0.5) is 4.39 Å². The fourth-order valence-electron chi connectivity index (χ4n) is 2.26. The normalized spacial score (nSPS) is 18.7. The number of nitrogens with one attached hydrogen (secondary N) is 1. The van der Waals surface area contributed by atoms with E-state index in [4.69, 9.17) is 9.26 Å². The van der Waals surface area contributed by atoms with Crippen LogP contribution in [0, 0.1) is 5.82 Å². The van der Waals surface area contributed by atoms with E-state index in [2.05, 4.69) is 20.4 Å². The summed E-state index contributed by atoms with van der Waals surface area (Å²) in [4.78, 5) is 6.49. The highest BCUT2D eigenvalue weighted by molar-refractivity contribution is 5.85. The van der Waals surface area contributed by atoms with Gasteiger partial charge in [0, 0.05) is 19.6 Å². The van der Waals surface area contributed by atoms with E-state index in [0.717, 1.165) is 19.6 Å². The minimum atomic E-state index is -0.409. The Bertz CT molecular complexity index is 610. The molecule has 1 atom stereocenters. The van der Waals surface area contributed by atoms with Crippen molar-refractivity contribution < 1.29 is 13.7 Å². The lowest BCUT2D eigenvalue weighted by atomic mass is 10.2. The van der Waals surface area contributed by atoms with Crippen molar-refractivity contribution in [3.8, 4) is 5.75 Å². The van der Waals surface area contributed by atoms with Gasteiger partial charge in [-0.25, -0.2) is 4.39 Å². The summed E-state index contributed by atoms with van der Waals surface area (Å²) >= 11 is 0. The lowest BCUT2D eigenvalue weighted by Gasteiger charge is -2.30. The molecule has 1 aromatic carbocycles. The summed E-state index contributed by atoms with van der Waals surface area (Å²) in [5.41, 5.74) is 0. The number of hydrogen-bond donors (Lipinski definition) is 1. The van der Waals surface area contributed by atoms with Crippen molar-refractivity contribution in [3.63, 3.8) is 0 Å². The highest BCUT2D eigenvalue weighted by Gasteiger charge is 2.25. The second-order valence-corrected chi connectivity index (χ2v) is 4.97. The van der Waals surface area contributed by atoms with Crippen LogP contribution >= 0.6 is 12.4 Å². The third-order valence-corrected chi connectivity index (χ3v) is 3.48. The van der Waals surface area contributed by atoms with Crippen LogP contribution in [0.1, 0.15) is 17.8 Å². The predicted octanol–water partition coefficient (Wildman–Crippen LogP) is 1.79. The molecule has 1 aliphatic heterocycles. The van der Waals surface area contributed by atoms with Crippen LogP contribution in [-0.2, 0) is 6.61 Å². The number of aromatic nitrogens is 2. The zero-order chi connectivity index (χ0) is 14.7. The maximum absolute atomic E-state index is 13.4. The number of halogens is 2. The number of rotatable bonds is 4. The lowest BCUT2D eigenvalue weighted by molar-refractivity contribution is 0.189. The van der Waals surface area contributed by atoms with Crippen molar-refractivity contribution in [2.24, 2.45) is 0 Å². The number of nitrogens with zero attached hydrogens (tertiary/aromatic N) is 3. The van der Waals surface area contributed by atoms with Gasteiger partial charge in [-0.3, -0.25) is 4.90 Å². The molecular weight excluding hydrogens is 311 g/mol. The molecule has 6 nitrogen and oxygen atoms in total. The second-order valence-electron chi connectivity index (χ2n) is 4.97. The van der Waals surface area contributed by atoms with Gasteiger partial charge in [-0.05, 0) is 19.2 Å². The number of benzene rings is 1. The topological polar surface area (TPSA) is 63.4 Å². The standard InChI is InChI=1S/C14H17FN4O2.ClH/c1-19-7-6-16-8-11(19)14-17-13(21-18-14)9-20-12-5-3-2-4-10(12)15;/h2-5,11,16H,6-9H2,1H3;1H. The molecule has 1 aliphatic rings. The van der Waals surface area contributed by atoms with Crippen LogP contribution in [0.3, 0.4) is 0 Å². The molecule has 1 saturated heterocycles. The van der Waals surface area contributed by atoms with Crippen LogP contribution in [-0.4, -0.2) is 41.7 Å². The van der Waals surface area contributed by atoms with Gasteiger partial charge >= 0.3 is 0 Å². The van der Waals surface area contributed by atoms with E-state index < -0.39 is 5.82 Å². The van der Waals surface area contributed by atoms with Gasteiger partial charge in [0.1, 0.15) is 0 Å². The minimum Gasteiger partial charge on any atom is -0.481 e. The summed E-state index contributed by atoms with van der Waals surface area (Å²) in [6.45, 7) is 2.72. The highest BCUT2D eigenvalue weighted by Crippen LogP contribution is 2.19. The van der Waals surface area contributed by atoms with Gasteiger partial charge in [0.2, 0.25) is 0 Å². The third-order valence-electron chi connectivity index (χ3n) is 3.48. The fourth-order valence-corrected chi connectivity index (χ4v) is 2.26. The molecular formula is C14H18ClFN4O2. The fraction of sp³-hybridized carbons (Fsp3) is 0.429. The first kappa shape index (κ1) is 16.7. The lowest BCUT2D eigenvalue weighted by Crippen LogP contribution is -2.44. The second kappa shape index (κ2) is 7.53. The molecule has 0 aliphatic carbocycles. The molecule has 0 radical (unpaired) electrons. The van der Waals surface area contributed by atoms with E-state index >= 15 is 0 Å². The Morgan fingerprint density at radius 2 is 2.27 bits per heavy atom. The Balaban J connectivity index is 0.00000176. The van der Waals surface area contributed by atoms with E-state index in [0.29, 0.717) is 11.7 Å². The Morgan fingerprint density at radius 3 is 3.05 bits per heavy atom. The average Bonchev–Trinajstić information content (AvgIpc) is 2.96. The molecule has 0 spiro atoms. The Kier molecular flexibility index (Phi) is 5.70. The molecule has 1 N–H and O–H groups in total. The maximum atomic E-state index is 13.4. The number of likely N-dealkylation sites (N-methyl/N-ethyl adjacent to an activating group) is 1. The van der Waals surface area contributed by atoms with Gasteiger partial charge in [0.25, 0.3) is 5.89 Å². The van der Waals surface area contributed by atoms with E-state index in [1.54, 1.807) is 18.2 Å². The quantitative estimate of drug-likeness (QED) is 0.923. The van der Waals surface area contributed by atoms with Gasteiger partial charge in [-0.1, -0.05) is 17.3 Å². The van der Waals surface area contributed by atoms with Crippen molar-refractivity contribution in [1.82, 2.24) is 20.4 Å².